The van der Waals surface area contributed by atoms with Gasteiger partial charge in [0.15, 0.2) is 0 Å². The second-order valence-electron chi connectivity index (χ2n) is 5.89. The van der Waals surface area contributed by atoms with Crippen molar-refractivity contribution >= 4 is 29.2 Å². The summed E-state index contributed by atoms with van der Waals surface area (Å²) in [5.41, 5.74) is 0.617. The van der Waals surface area contributed by atoms with Crippen LogP contribution in [0, 0.1) is 5.92 Å². The predicted molar refractivity (Wildman–Crippen MR) is 97.5 cm³/mol. The van der Waals surface area contributed by atoms with Gasteiger partial charge in [-0.2, -0.15) is 0 Å². The van der Waals surface area contributed by atoms with Gasteiger partial charge in [0.05, 0.1) is 30.5 Å². The van der Waals surface area contributed by atoms with Gasteiger partial charge in [0.25, 0.3) is 5.91 Å². The van der Waals surface area contributed by atoms with E-state index in [0.717, 1.165) is 0 Å². The van der Waals surface area contributed by atoms with E-state index in [1.807, 2.05) is 13.8 Å². The van der Waals surface area contributed by atoms with Crippen LogP contribution in [-0.4, -0.2) is 35.7 Å². The summed E-state index contributed by atoms with van der Waals surface area (Å²) >= 11 is 6.12. The second-order valence-corrected chi connectivity index (χ2v) is 6.30. The lowest BCUT2D eigenvalue weighted by atomic mass is 10.1. The first-order valence-corrected chi connectivity index (χ1v) is 8.20. The van der Waals surface area contributed by atoms with Crippen LogP contribution >= 0.6 is 11.6 Å². The Morgan fingerprint density at radius 1 is 1.27 bits per heavy atom. The van der Waals surface area contributed by atoms with Crippen LogP contribution < -0.4 is 14.8 Å². The van der Waals surface area contributed by atoms with Crippen LogP contribution in [-0.2, 0) is 0 Å². The summed E-state index contributed by atoms with van der Waals surface area (Å²) in [6.45, 7) is 4.46. The smallest absolute Gasteiger partial charge is 0.335 e. The summed E-state index contributed by atoms with van der Waals surface area (Å²) in [6, 6.07) is 5.60. The number of methoxy groups -OCH3 is 1. The maximum atomic E-state index is 12.4. The van der Waals surface area contributed by atoms with Crippen molar-refractivity contribution in [2.75, 3.05) is 19.0 Å². The number of rotatable bonds is 7. The number of benzene rings is 1. The molecule has 2 aromatic rings. The number of carboxylic acid groups (broad SMARTS) is 1. The fraction of sp³-hybridized carbons (Fsp3) is 0.278. The number of carbonyl (C=O) groups is 2. The molecule has 0 saturated carbocycles. The van der Waals surface area contributed by atoms with Crippen LogP contribution in [0.25, 0.3) is 0 Å². The van der Waals surface area contributed by atoms with E-state index in [2.05, 4.69) is 10.3 Å². The lowest BCUT2D eigenvalue weighted by Crippen LogP contribution is -2.14. The van der Waals surface area contributed by atoms with Crippen molar-refractivity contribution in [2.24, 2.45) is 5.92 Å². The Hall–Kier alpha value is -2.80. The second kappa shape index (κ2) is 8.53. The molecule has 0 atom stereocenters. The van der Waals surface area contributed by atoms with Gasteiger partial charge in [-0.15, -0.1) is 0 Å². The number of carbonyl (C=O) groups excluding carboxylic acids is 1. The first-order chi connectivity index (χ1) is 12.3. The van der Waals surface area contributed by atoms with Gasteiger partial charge < -0.3 is 19.9 Å². The van der Waals surface area contributed by atoms with Crippen molar-refractivity contribution in [3.05, 3.63) is 46.6 Å². The molecule has 138 valence electrons. The third kappa shape index (κ3) is 4.86. The average molecular weight is 379 g/mol. The number of aromatic carboxylic acids is 1. The van der Waals surface area contributed by atoms with Crippen LogP contribution in [0.1, 0.15) is 34.6 Å². The number of carboxylic acids is 1. The first kappa shape index (κ1) is 19.5. The highest BCUT2D eigenvalue weighted by atomic mass is 35.5. The molecule has 0 fully saturated rings. The van der Waals surface area contributed by atoms with Gasteiger partial charge in [0.2, 0.25) is 5.88 Å². The SMILES string of the molecule is COc1cc(C(=O)O)ccc1NC(=O)c1cnc(OCC(C)C)c(Cl)c1. The molecule has 0 radical (unpaired) electrons. The molecule has 0 spiro atoms. The van der Waals surface area contributed by atoms with Gasteiger partial charge in [-0.1, -0.05) is 25.4 Å². The zero-order valence-electron chi connectivity index (χ0n) is 14.6. The fourth-order valence-corrected chi connectivity index (χ4v) is 2.24. The Morgan fingerprint density at radius 2 is 2.00 bits per heavy atom. The Morgan fingerprint density at radius 3 is 2.58 bits per heavy atom. The Bertz CT molecular complexity index is 823. The molecule has 0 aliphatic heterocycles. The standard InChI is InChI=1S/C18H19ClN2O5/c1-10(2)9-26-17-13(19)6-12(8-20-17)16(22)21-14-5-4-11(18(23)24)7-15(14)25-3/h4-8,10H,9H2,1-3H3,(H,21,22)(H,23,24). The average Bonchev–Trinajstić information content (AvgIpc) is 2.60. The van der Waals surface area contributed by atoms with Crippen molar-refractivity contribution < 1.29 is 24.2 Å². The molecule has 0 bridgehead atoms. The number of nitrogens with one attached hydrogen (secondary N) is 1. The highest BCUT2D eigenvalue weighted by molar-refractivity contribution is 6.32. The molecule has 26 heavy (non-hydrogen) atoms. The molecular formula is C18H19ClN2O5. The zero-order valence-corrected chi connectivity index (χ0v) is 15.3. The molecule has 2 rings (SSSR count). The normalized spacial score (nSPS) is 10.5. The summed E-state index contributed by atoms with van der Waals surface area (Å²) < 4.78 is 10.6. The monoisotopic (exact) mass is 378 g/mol. The quantitative estimate of drug-likeness (QED) is 0.761. The summed E-state index contributed by atoms with van der Waals surface area (Å²) in [7, 11) is 1.38. The molecule has 1 aromatic carbocycles. The predicted octanol–water partition coefficient (Wildman–Crippen LogP) is 3.73. The van der Waals surface area contributed by atoms with E-state index in [-0.39, 0.29) is 27.8 Å². The van der Waals surface area contributed by atoms with Gasteiger partial charge in [0, 0.05) is 6.20 Å². The molecule has 1 aromatic heterocycles. The number of ether oxygens (including phenoxy) is 2. The summed E-state index contributed by atoms with van der Waals surface area (Å²) in [6.07, 6.45) is 1.36. The third-order valence-electron chi connectivity index (χ3n) is 3.32. The fourth-order valence-electron chi connectivity index (χ4n) is 2.02. The van der Waals surface area contributed by atoms with Gasteiger partial charge in [-0.05, 0) is 30.2 Å². The number of nitrogens with zero attached hydrogens (tertiary/aromatic N) is 1. The van der Waals surface area contributed by atoms with E-state index in [4.69, 9.17) is 26.2 Å². The summed E-state index contributed by atoms with van der Waals surface area (Å²) in [5.74, 6) is -0.739. The Labute approximate surface area is 155 Å². The number of hydrogen-bond acceptors (Lipinski definition) is 5. The van der Waals surface area contributed by atoms with E-state index in [1.165, 1.54) is 37.6 Å². The van der Waals surface area contributed by atoms with Gasteiger partial charge in [-0.25, -0.2) is 9.78 Å². The van der Waals surface area contributed by atoms with E-state index in [0.29, 0.717) is 18.2 Å². The number of hydrogen-bond donors (Lipinski definition) is 2. The number of halogens is 1. The number of pyridine rings is 1. The lowest BCUT2D eigenvalue weighted by Gasteiger charge is -2.12. The molecule has 7 nitrogen and oxygen atoms in total. The number of anilines is 1. The molecule has 0 saturated heterocycles. The topological polar surface area (TPSA) is 97.8 Å². The minimum absolute atomic E-state index is 0.0521. The maximum absolute atomic E-state index is 12.4. The molecule has 2 N–H and O–H groups in total. The van der Waals surface area contributed by atoms with Crippen LogP contribution in [0.3, 0.4) is 0 Å². The summed E-state index contributed by atoms with van der Waals surface area (Å²) in [4.78, 5) is 27.5. The van der Waals surface area contributed by atoms with E-state index in [9.17, 15) is 9.59 Å². The van der Waals surface area contributed by atoms with Crippen LogP contribution in [0.2, 0.25) is 5.02 Å². The molecular weight excluding hydrogens is 360 g/mol. The summed E-state index contributed by atoms with van der Waals surface area (Å²) in [5, 5.41) is 11.9. The van der Waals surface area contributed by atoms with E-state index in [1.54, 1.807) is 0 Å². The number of aromatic nitrogens is 1. The van der Waals surface area contributed by atoms with Gasteiger partial charge in [0.1, 0.15) is 10.8 Å². The highest BCUT2D eigenvalue weighted by Gasteiger charge is 2.15. The van der Waals surface area contributed by atoms with E-state index >= 15 is 0 Å². The van der Waals surface area contributed by atoms with Gasteiger partial charge in [-0.3, -0.25) is 4.79 Å². The molecule has 0 aliphatic rings. The first-order valence-electron chi connectivity index (χ1n) is 7.82. The largest absolute Gasteiger partial charge is 0.495 e. The van der Waals surface area contributed by atoms with Gasteiger partial charge >= 0.3 is 5.97 Å². The minimum atomic E-state index is -1.09. The molecule has 0 aliphatic carbocycles. The Balaban J connectivity index is 2.17. The molecule has 1 amide bonds. The number of amides is 1. The van der Waals surface area contributed by atoms with Crippen LogP contribution in [0.4, 0.5) is 5.69 Å². The lowest BCUT2D eigenvalue weighted by molar-refractivity contribution is 0.0696. The Kier molecular flexibility index (Phi) is 6.41. The van der Waals surface area contributed by atoms with Crippen molar-refractivity contribution in [2.45, 2.75) is 13.8 Å². The minimum Gasteiger partial charge on any atom is -0.495 e. The third-order valence-corrected chi connectivity index (χ3v) is 3.59. The maximum Gasteiger partial charge on any atom is 0.335 e. The molecule has 8 heteroatoms. The van der Waals surface area contributed by atoms with Crippen molar-refractivity contribution in [3.8, 4) is 11.6 Å². The highest BCUT2D eigenvalue weighted by Crippen LogP contribution is 2.27. The van der Waals surface area contributed by atoms with Crippen LogP contribution in [0.5, 0.6) is 11.6 Å². The molecule has 0 unspecified atom stereocenters. The zero-order chi connectivity index (χ0) is 19.3. The van der Waals surface area contributed by atoms with E-state index < -0.39 is 11.9 Å². The van der Waals surface area contributed by atoms with Crippen molar-refractivity contribution in [3.63, 3.8) is 0 Å². The van der Waals surface area contributed by atoms with Crippen molar-refractivity contribution in [1.29, 1.82) is 0 Å². The van der Waals surface area contributed by atoms with Crippen molar-refractivity contribution in [1.82, 2.24) is 4.98 Å². The van der Waals surface area contributed by atoms with Crippen LogP contribution in [0.15, 0.2) is 30.5 Å². The molecule has 1 heterocycles.